The van der Waals surface area contributed by atoms with Crippen LogP contribution in [0, 0.1) is 6.92 Å². The number of sulfonamides is 1. The molecule has 0 unspecified atom stereocenters. The van der Waals surface area contributed by atoms with Crippen molar-refractivity contribution in [2.24, 2.45) is 0 Å². The number of halogens is 2. The van der Waals surface area contributed by atoms with Gasteiger partial charge >= 0.3 is 5.97 Å². The minimum Gasteiger partial charge on any atom is -0.465 e. The summed E-state index contributed by atoms with van der Waals surface area (Å²) < 4.78 is 32.4. The minimum absolute atomic E-state index is 0.000580. The lowest BCUT2D eigenvalue weighted by atomic mass is 10.2. The van der Waals surface area contributed by atoms with Crippen LogP contribution >= 0.6 is 23.2 Å². The number of rotatable bonds is 7. The molecule has 10 heteroatoms. The number of anilines is 2. The highest BCUT2D eigenvalue weighted by Gasteiger charge is 2.29. The standard InChI is InChI=1S/C23H20Cl2N2O5S/c1-15-3-10-19(11-4-15)33(30,31)27(21-13-17(24)7-12-20(21)25)14-22(28)26-18-8-5-16(6-9-18)23(29)32-2/h3-13H,14H2,1-2H3,(H,26,28). The average Bonchev–Trinajstić information content (AvgIpc) is 2.79. The first-order valence-electron chi connectivity index (χ1n) is 9.64. The third-order valence-corrected chi connectivity index (χ3v) is 6.99. The minimum atomic E-state index is -4.15. The maximum atomic E-state index is 13.4. The van der Waals surface area contributed by atoms with E-state index in [4.69, 9.17) is 23.2 Å². The van der Waals surface area contributed by atoms with Crippen LogP contribution in [0.5, 0.6) is 0 Å². The molecule has 0 aliphatic rings. The van der Waals surface area contributed by atoms with Crippen LogP contribution in [0.15, 0.2) is 71.6 Å². The summed E-state index contributed by atoms with van der Waals surface area (Å²) in [5.74, 6) is -1.13. The molecule has 0 spiro atoms. The Morgan fingerprint density at radius 3 is 2.21 bits per heavy atom. The van der Waals surface area contributed by atoms with Gasteiger partial charge in [-0.15, -0.1) is 0 Å². The number of amides is 1. The van der Waals surface area contributed by atoms with Crippen molar-refractivity contribution < 1.29 is 22.7 Å². The zero-order valence-corrected chi connectivity index (χ0v) is 20.0. The molecule has 3 aromatic carbocycles. The number of aryl methyl sites for hydroxylation is 1. The summed E-state index contributed by atoms with van der Waals surface area (Å²) in [6.45, 7) is 1.27. The van der Waals surface area contributed by atoms with E-state index in [0.29, 0.717) is 11.3 Å². The van der Waals surface area contributed by atoms with E-state index >= 15 is 0 Å². The van der Waals surface area contributed by atoms with Gasteiger partial charge < -0.3 is 10.1 Å². The van der Waals surface area contributed by atoms with Gasteiger partial charge in [0.1, 0.15) is 6.54 Å². The molecular formula is C23H20Cl2N2O5S. The first-order valence-corrected chi connectivity index (χ1v) is 11.8. The molecule has 1 N–H and O–H groups in total. The number of carbonyl (C=O) groups is 2. The zero-order valence-electron chi connectivity index (χ0n) is 17.7. The van der Waals surface area contributed by atoms with Gasteiger partial charge in [0.25, 0.3) is 10.0 Å². The lowest BCUT2D eigenvalue weighted by Gasteiger charge is -2.25. The maximum Gasteiger partial charge on any atom is 0.337 e. The topological polar surface area (TPSA) is 92.8 Å². The average molecular weight is 507 g/mol. The lowest BCUT2D eigenvalue weighted by Crippen LogP contribution is -2.38. The molecular weight excluding hydrogens is 487 g/mol. The predicted molar refractivity (Wildman–Crippen MR) is 129 cm³/mol. The molecule has 0 heterocycles. The summed E-state index contributed by atoms with van der Waals surface area (Å²) in [7, 11) is -2.88. The molecule has 0 atom stereocenters. The van der Waals surface area contributed by atoms with Crippen molar-refractivity contribution in [3.05, 3.63) is 87.9 Å². The molecule has 0 bridgehead atoms. The molecule has 0 fully saturated rings. The normalized spacial score (nSPS) is 11.0. The van der Waals surface area contributed by atoms with Crippen molar-refractivity contribution >= 4 is 56.5 Å². The van der Waals surface area contributed by atoms with Crippen molar-refractivity contribution in [2.75, 3.05) is 23.3 Å². The monoisotopic (exact) mass is 506 g/mol. The van der Waals surface area contributed by atoms with Crippen LogP contribution in [0.1, 0.15) is 15.9 Å². The number of esters is 1. The molecule has 7 nitrogen and oxygen atoms in total. The van der Waals surface area contributed by atoms with E-state index in [0.717, 1.165) is 9.87 Å². The second-order valence-electron chi connectivity index (χ2n) is 7.04. The van der Waals surface area contributed by atoms with Crippen LogP contribution in [0.25, 0.3) is 0 Å². The number of hydrogen-bond donors (Lipinski definition) is 1. The Balaban J connectivity index is 1.93. The number of hydrogen-bond acceptors (Lipinski definition) is 5. The smallest absolute Gasteiger partial charge is 0.337 e. The summed E-state index contributed by atoms with van der Waals surface area (Å²) in [5.41, 5.74) is 1.64. The van der Waals surface area contributed by atoms with E-state index in [2.05, 4.69) is 10.1 Å². The van der Waals surface area contributed by atoms with Gasteiger partial charge in [-0.1, -0.05) is 40.9 Å². The molecule has 33 heavy (non-hydrogen) atoms. The summed E-state index contributed by atoms with van der Waals surface area (Å²) in [5, 5.41) is 3.00. The Morgan fingerprint density at radius 2 is 1.61 bits per heavy atom. The van der Waals surface area contributed by atoms with E-state index in [-0.39, 0.29) is 20.6 Å². The number of nitrogens with zero attached hydrogens (tertiary/aromatic N) is 1. The molecule has 3 aromatic rings. The summed E-state index contributed by atoms with van der Waals surface area (Å²) in [6, 6.07) is 16.6. The van der Waals surface area contributed by atoms with Gasteiger partial charge in [0.05, 0.1) is 28.3 Å². The molecule has 0 radical (unpaired) electrons. The number of benzene rings is 3. The lowest BCUT2D eigenvalue weighted by molar-refractivity contribution is -0.114. The van der Waals surface area contributed by atoms with Crippen LogP contribution in [-0.4, -0.2) is 33.9 Å². The molecule has 0 aromatic heterocycles. The fourth-order valence-electron chi connectivity index (χ4n) is 2.95. The number of ether oxygens (including phenoxy) is 1. The molecule has 0 aliphatic heterocycles. The fourth-order valence-corrected chi connectivity index (χ4v) is 4.82. The Hall–Kier alpha value is -3.07. The molecule has 0 saturated heterocycles. The molecule has 172 valence electrons. The second-order valence-corrected chi connectivity index (χ2v) is 9.74. The van der Waals surface area contributed by atoms with E-state index in [1.807, 2.05) is 6.92 Å². The van der Waals surface area contributed by atoms with Crippen molar-refractivity contribution in [1.29, 1.82) is 0 Å². The van der Waals surface area contributed by atoms with E-state index in [1.165, 1.54) is 61.7 Å². The van der Waals surface area contributed by atoms with Crippen molar-refractivity contribution in [3.8, 4) is 0 Å². The fraction of sp³-hybridized carbons (Fsp3) is 0.130. The van der Waals surface area contributed by atoms with Crippen molar-refractivity contribution in [1.82, 2.24) is 0 Å². The molecule has 1 amide bonds. The van der Waals surface area contributed by atoms with Crippen LogP contribution in [0.4, 0.5) is 11.4 Å². The third-order valence-electron chi connectivity index (χ3n) is 4.66. The quantitative estimate of drug-likeness (QED) is 0.459. The van der Waals surface area contributed by atoms with Gasteiger partial charge in [-0.3, -0.25) is 9.10 Å². The predicted octanol–water partition coefficient (Wildman–Crippen LogP) is 4.92. The van der Waals surface area contributed by atoms with E-state index in [1.54, 1.807) is 12.1 Å². The van der Waals surface area contributed by atoms with Gasteiger partial charge in [-0.25, -0.2) is 13.2 Å². The third kappa shape index (κ3) is 5.84. The van der Waals surface area contributed by atoms with E-state index < -0.39 is 28.4 Å². The Morgan fingerprint density at radius 1 is 0.970 bits per heavy atom. The second kappa shape index (κ2) is 10.2. The molecule has 3 rings (SSSR count). The first-order chi connectivity index (χ1) is 15.6. The largest absolute Gasteiger partial charge is 0.465 e. The van der Waals surface area contributed by atoms with Gasteiger partial charge in [0, 0.05) is 10.7 Å². The highest BCUT2D eigenvalue weighted by atomic mass is 35.5. The number of methoxy groups -OCH3 is 1. The van der Waals surface area contributed by atoms with Crippen LogP contribution in [-0.2, 0) is 19.6 Å². The Kier molecular flexibility index (Phi) is 7.63. The maximum absolute atomic E-state index is 13.4. The SMILES string of the molecule is COC(=O)c1ccc(NC(=O)CN(c2cc(Cl)ccc2Cl)S(=O)(=O)c2ccc(C)cc2)cc1. The van der Waals surface area contributed by atoms with Gasteiger partial charge in [0.15, 0.2) is 0 Å². The van der Waals surface area contributed by atoms with Crippen molar-refractivity contribution in [2.45, 2.75) is 11.8 Å². The Labute approximate surface area is 201 Å². The van der Waals surface area contributed by atoms with Crippen LogP contribution in [0.3, 0.4) is 0 Å². The van der Waals surface area contributed by atoms with Crippen LogP contribution < -0.4 is 9.62 Å². The van der Waals surface area contributed by atoms with E-state index in [9.17, 15) is 18.0 Å². The molecule has 0 aliphatic carbocycles. The Bertz CT molecular complexity index is 1280. The molecule has 0 saturated carbocycles. The number of carbonyl (C=O) groups excluding carboxylic acids is 2. The highest BCUT2D eigenvalue weighted by Crippen LogP contribution is 2.33. The summed E-state index contributed by atoms with van der Waals surface area (Å²) >= 11 is 12.4. The summed E-state index contributed by atoms with van der Waals surface area (Å²) in [6.07, 6.45) is 0. The van der Waals surface area contributed by atoms with Crippen LogP contribution in [0.2, 0.25) is 10.0 Å². The first kappa shape index (κ1) is 24.6. The zero-order chi connectivity index (χ0) is 24.2. The van der Waals surface area contributed by atoms with Gasteiger partial charge in [-0.05, 0) is 61.5 Å². The highest BCUT2D eigenvalue weighted by molar-refractivity contribution is 7.92. The van der Waals surface area contributed by atoms with Crippen molar-refractivity contribution in [3.63, 3.8) is 0 Å². The number of nitrogens with one attached hydrogen (secondary N) is 1. The van der Waals surface area contributed by atoms with Gasteiger partial charge in [-0.2, -0.15) is 0 Å². The summed E-state index contributed by atoms with van der Waals surface area (Å²) in [4.78, 5) is 24.4. The van der Waals surface area contributed by atoms with Gasteiger partial charge in [0.2, 0.25) is 5.91 Å².